The van der Waals surface area contributed by atoms with Crippen LogP contribution in [0.5, 0.6) is 23.0 Å². The summed E-state index contributed by atoms with van der Waals surface area (Å²) < 4.78 is 22.7. The van der Waals surface area contributed by atoms with Crippen molar-refractivity contribution < 1.29 is 36.0 Å². The molecule has 0 spiro atoms. The van der Waals surface area contributed by atoms with Crippen LogP contribution in [0.3, 0.4) is 0 Å². The van der Waals surface area contributed by atoms with E-state index >= 15 is 0 Å². The molecule has 2 atom stereocenters. The van der Waals surface area contributed by atoms with Crippen LogP contribution in [0.2, 0.25) is 0 Å². The summed E-state index contributed by atoms with van der Waals surface area (Å²) in [5.74, 6) is 4.86. The third kappa shape index (κ3) is 12.1. The third-order valence-corrected chi connectivity index (χ3v) is 17.7. The smallest absolute Gasteiger partial charge is 0.496 e. The molecule has 2 aliphatic rings. The third-order valence-electron chi connectivity index (χ3n) is 12.6. The van der Waals surface area contributed by atoms with Crippen molar-refractivity contribution in [2.45, 2.75) is 82.1 Å². The Bertz CT molecular complexity index is 2070. The molecule has 0 aromatic heterocycles. The summed E-state index contributed by atoms with van der Waals surface area (Å²) in [6.07, 6.45) is 11.7. The number of hydrogen-bond donors (Lipinski definition) is 0. The van der Waals surface area contributed by atoms with Crippen LogP contribution in [0, 0.1) is 67.2 Å². The van der Waals surface area contributed by atoms with Gasteiger partial charge in [0.2, 0.25) is 0 Å². The molecule has 0 bridgehead atoms. The minimum absolute atomic E-state index is 0. The van der Waals surface area contributed by atoms with Crippen LogP contribution >= 0.6 is 15.8 Å². The van der Waals surface area contributed by atoms with E-state index in [1.165, 1.54) is 76.9 Å². The molecule has 0 N–H and O–H groups in total. The molecule has 350 valence electrons. The molecule has 6 rings (SSSR count). The maximum atomic E-state index is 5.68. The maximum absolute atomic E-state index is 5.68. The first kappa shape index (κ1) is 53.9. The second-order valence-electron chi connectivity index (χ2n) is 18.1. The van der Waals surface area contributed by atoms with Gasteiger partial charge in [0.1, 0.15) is 23.0 Å². The van der Waals surface area contributed by atoms with Gasteiger partial charge in [-0.3, -0.25) is 0 Å². The van der Waals surface area contributed by atoms with Crippen molar-refractivity contribution in [1.29, 1.82) is 0 Å². The van der Waals surface area contributed by atoms with Crippen molar-refractivity contribution in [3.05, 3.63) is 139 Å². The summed E-state index contributed by atoms with van der Waals surface area (Å²) in [5, 5.41) is 8.64. The van der Waals surface area contributed by atoms with Gasteiger partial charge in [-0.05, 0) is 237 Å². The van der Waals surface area contributed by atoms with E-state index in [1.807, 2.05) is 0 Å². The second-order valence-corrected chi connectivity index (χ2v) is 22.6. The number of aryl methyl sites for hydroxylation is 8. The standard InChI is InChI=1S/2C28H38NO2P.Fe/c2*1-10-22-11-12-26(25(22)17-29(6)7)32(23-13-18(2)27(30-8)19(3)14-23)24-15-20(4)28(31-9)21(5)16-24;/h2*11-16,25H,10,17H2,1-9H3;/q;;+2. The summed E-state index contributed by atoms with van der Waals surface area (Å²) in [4.78, 5) is 4.63. The largest absolute Gasteiger partial charge is 2.00 e. The van der Waals surface area contributed by atoms with E-state index in [-0.39, 0.29) is 17.1 Å². The Morgan fingerprint density at radius 2 is 0.615 bits per heavy atom. The summed E-state index contributed by atoms with van der Waals surface area (Å²) in [6.45, 7) is 23.9. The topological polar surface area (TPSA) is 43.4 Å². The SMILES string of the molecule is CCC1=CC=C(P(c2cc(C)c(OC)c(C)c2)c2cc(C)c(OC)c(C)c2)C1CN(C)C.CCC1=CC=C(P(c2cc(C)c(OC)c(C)c2)c2cc(C)c(OC)c(C)c2)C1CN(C)C.[Fe+2]. The molecule has 0 amide bonds. The Hall–Kier alpha value is -3.66. The minimum atomic E-state index is -0.683. The van der Waals surface area contributed by atoms with Crippen molar-refractivity contribution in [3.8, 4) is 23.0 Å². The first-order chi connectivity index (χ1) is 30.4. The van der Waals surface area contributed by atoms with Crippen LogP contribution in [-0.4, -0.2) is 79.5 Å². The van der Waals surface area contributed by atoms with E-state index in [0.29, 0.717) is 11.8 Å². The second kappa shape index (κ2) is 23.9. The number of ether oxygens (including phenoxy) is 4. The van der Waals surface area contributed by atoms with Gasteiger partial charge in [0, 0.05) is 24.9 Å². The minimum Gasteiger partial charge on any atom is -0.496 e. The fraction of sp³-hybridized carbons (Fsp3) is 0.429. The molecular formula is C56H76FeN2O4P2+2. The zero-order valence-electron chi connectivity index (χ0n) is 42.7. The van der Waals surface area contributed by atoms with E-state index in [0.717, 1.165) is 48.9 Å². The fourth-order valence-corrected chi connectivity index (χ4v) is 15.9. The normalized spacial score (nSPS) is 15.7. The Kier molecular flexibility index (Phi) is 19.8. The summed E-state index contributed by atoms with van der Waals surface area (Å²) in [6, 6.07) is 18.7. The molecule has 2 unspecified atom stereocenters. The zero-order chi connectivity index (χ0) is 47.2. The van der Waals surface area contributed by atoms with Crippen molar-refractivity contribution in [2.75, 3.05) is 69.7 Å². The van der Waals surface area contributed by atoms with Crippen LogP contribution in [0.1, 0.15) is 71.2 Å². The van der Waals surface area contributed by atoms with Crippen molar-refractivity contribution in [1.82, 2.24) is 9.80 Å². The van der Waals surface area contributed by atoms with E-state index in [9.17, 15) is 0 Å². The van der Waals surface area contributed by atoms with Gasteiger partial charge < -0.3 is 28.7 Å². The summed E-state index contributed by atoms with van der Waals surface area (Å²) in [7, 11) is 14.4. The number of allylic oxidation sites excluding steroid dienone is 4. The van der Waals surface area contributed by atoms with Gasteiger partial charge in [-0.1, -0.05) is 49.3 Å². The van der Waals surface area contributed by atoms with Gasteiger partial charge in [-0.25, -0.2) is 0 Å². The van der Waals surface area contributed by atoms with Crippen molar-refractivity contribution in [3.63, 3.8) is 0 Å². The molecule has 0 saturated carbocycles. The maximum Gasteiger partial charge on any atom is 2.00 e. The molecule has 0 radical (unpaired) electrons. The first-order valence-corrected chi connectivity index (χ1v) is 25.4. The van der Waals surface area contributed by atoms with Gasteiger partial charge in [0.05, 0.1) is 28.4 Å². The molecule has 0 heterocycles. The van der Waals surface area contributed by atoms with Gasteiger partial charge in [-0.15, -0.1) is 0 Å². The number of hydrogen-bond acceptors (Lipinski definition) is 6. The van der Waals surface area contributed by atoms with E-state index in [2.05, 4.69) is 180 Å². The molecule has 65 heavy (non-hydrogen) atoms. The Labute approximate surface area is 406 Å². The van der Waals surface area contributed by atoms with E-state index < -0.39 is 15.8 Å². The zero-order valence-corrected chi connectivity index (χ0v) is 45.6. The fourth-order valence-electron chi connectivity index (χ4n) is 9.98. The molecule has 2 aliphatic carbocycles. The molecule has 4 aromatic carbocycles. The molecular weight excluding hydrogens is 882 g/mol. The van der Waals surface area contributed by atoms with Crippen molar-refractivity contribution >= 4 is 37.1 Å². The number of benzene rings is 4. The van der Waals surface area contributed by atoms with Gasteiger partial charge in [0.15, 0.2) is 0 Å². The number of rotatable bonds is 16. The Morgan fingerprint density at radius 3 is 0.785 bits per heavy atom. The van der Waals surface area contributed by atoms with E-state index in [4.69, 9.17) is 18.9 Å². The average Bonchev–Trinajstić information content (AvgIpc) is 3.80. The van der Waals surface area contributed by atoms with Gasteiger partial charge >= 0.3 is 17.1 Å². The molecule has 4 aromatic rings. The van der Waals surface area contributed by atoms with Crippen molar-refractivity contribution in [2.24, 2.45) is 11.8 Å². The molecule has 9 heteroatoms. The Morgan fingerprint density at radius 1 is 0.400 bits per heavy atom. The van der Waals surface area contributed by atoms with Crippen LogP contribution in [0.4, 0.5) is 0 Å². The predicted molar refractivity (Wildman–Crippen MR) is 279 cm³/mol. The number of methoxy groups -OCH3 is 4. The first-order valence-electron chi connectivity index (χ1n) is 22.7. The van der Waals surface area contributed by atoms with Gasteiger partial charge in [-0.2, -0.15) is 0 Å². The molecule has 6 nitrogen and oxygen atoms in total. The molecule has 0 aliphatic heterocycles. The van der Waals surface area contributed by atoms with Gasteiger partial charge in [0.25, 0.3) is 0 Å². The quantitative estimate of drug-likeness (QED) is 0.0823. The van der Waals surface area contributed by atoms with E-state index in [1.54, 1.807) is 39.1 Å². The number of nitrogens with zero attached hydrogens (tertiary/aromatic N) is 2. The molecule has 0 fully saturated rings. The predicted octanol–water partition coefficient (Wildman–Crippen LogP) is 11.6. The summed E-state index contributed by atoms with van der Waals surface area (Å²) >= 11 is 0. The Balaban J connectivity index is 0.000000280. The average molecular weight is 959 g/mol. The monoisotopic (exact) mass is 958 g/mol. The summed E-state index contributed by atoms with van der Waals surface area (Å²) in [5.41, 5.74) is 12.6. The van der Waals surface area contributed by atoms with Crippen LogP contribution in [0.15, 0.2) is 94.6 Å². The van der Waals surface area contributed by atoms with Crippen LogP contribution in [0.25, 0.3) is 0 Å². The van der Waals surface area contributed by atoms with Crippen LogP contribution in [-0.2, 0) is 17.1 Å². The molecule has 0 saturated heterocycles. The van der Waals surface area contributed by atoms with Crippen LogP contribution < -0.4 is 40.2 Å².